The largest absolute Gasteiger partial charge is 0.424 e. The summed E-state index contributed by atoms with van der Waals surface area (Å²) in [5, 5.41) is 13.7. The molecule has 0 bridgehead atoms. The molecule has 0 aliphatic heterocycles. The van der Waals surface area contributed by atoms with E-state index in [0.717, 1.165) is 17.7 Å². The molecule has 0 aliphatic rings. The van der Waals surface area contributed by atoms with Crippen LogP contribution in [0.2, 0.25) is 0 Å². The topological polar surface area (TPSA) is 64.1 Å². The average molecular weight is 251 g/mol. The molecule has 17 heavy (non-hydrogen) atoms. The molecule has 1 rings (SSSR count). The fraction of sp³-hybridized carbons (Fsp3) is 0.700. The highest BCUT2D eigenvalue weighted by Gasteiger charge is 2.59. The van der Waals surface area contributed by atoms with Gasteiger partial charge >= 0.3 is 6.18 Å². The fourth-order valence-electron chi connectivity index (χ4n) is 1.68. The Morgan fingerprint density at radius 1 is 1.53 bits per heavy atom. The van der Waals surface area contributed by atoms with Crippen LogP contribution in [0.15, 0.2) is 12.3 Å². The Labute approximate surface area is 97.2 Å². The number of aromatic nitrogens is 2. The Morgan fingerprint density at radius 2 is 2.12 bits per heavy atom. The van der Waals surface area contributed by atoms with E-state index < -0.39 is 17.8 Å². The van der Waals surface area contributed by atoms with Gasteiger partial charge in [-0.25, -0.2) is 0 Å². The minimum Gasteiger partial charge on any atom is -0.374 e. The van der Waals surface area contributed by atoms with Gasteiger partial charge in [-0.15, -0.1) is 0 Å². The second kappa shape index (κ2) is 4.66. The molecule has 1 heterocycles. The quantitative estimate of drug-likeness (QED) is 0.850. The van der Waals surface area contributed by atoms with Crippen LogP contribution in [0.4, 0.5) is 13.2 Å². The van der Waals surface area contributed by atoms with Gasteiger partial charge < -0.3 is 10.8 Å². The van der Waals surface area contributed by atoms with Gasteiger partial charge in [-0.2, -0.15) is 18.3 Å². The number of halogens is 3. The van der Waals surface area contributed by atoms with Gasteiger partial charge in [0.2, 0.25) is 5.60 Å². The number of rotatable bonds is 4. The van der Waals surface area contributed by atoms with Gasteiger partial charge in [0, 0.05) is 18.8 Å². The standard InChI is InChI=1S/C10H16F3N3O/c1-3-6-16-8(4-5-15-16)9(17,7(2)14)10(11,12)13/h4-5,7,17H,3,6,14H2,1-2H3. The molecule has 3 N–H and O–H groups in total. The van der Waals surface area contributed by atoms with Crippen LogP contribution in [0.25, 0.3) is 0 Å². The highest BCUT2D eigenvalue weighted by molar-refractivity contribution is 5.18. The lowest BCUT2D eigenvalue weighted by molar-refractivity contribution is -0.275. The van der Waals surface area contributed by atoms with Crippen LogP contribution in [0.3, 0.4) is 0 Å². The Hall–Kier alpha value is -1.08. The lowest BCUT2D eigenvalue weighted by Gasteiger charge is -2.34. The minimum atomic E-state index is -4.84. The van der Waals surface area contributed by atoms with Gasteiger partial charge in [-0.3, -0.25) is 4.68 Å². The number of nitrogens with zero attached hydrogens (tertiary/aromatic N) is 2. The van der Waals surface area contributed by atoms with Crippen LogP contribution in [-0.2, 0) is 12.1 Å². The van der Waals surface area contributed by atoms with Crippen LogP contribution in [0.1, 0.15) is 26.0 Å². The molecule has 0 spiro atoms. The Balaban J connectivity index is 3.28. The molecule has 1 aromatic heterocycles. The number of hydrogen-bond acceptors (Lipinski definition) is 3. The number of hydrogen-bond donors (Lipinski definition) is 2. The van der Waals surface area contributed by atoms with Crippen LogP contribution < -0.4 is 5.73 Å². The molecule has 2 unspecified atom stereocenters. The molecule has 0 radical (unpaired) electrons. The van der Waals surface area contributed by atoms with Crippen molar-refractivity contribution in [3.05, 3.63) is 18.0 Å². The normalized spacial score (nSPS) is 17.8. The smallest absolute Gasteiger partial charge is 0.374 e. The summed E-state index contributed by atoms with van der Waals surface area (Å²) in [6.07, 6.45) is -3.00. The molecule has 0 aromatic carbocycles. The third-order valence-electron chi connectivity index (χ3n) is 2.63. The van der Waals surface area contributed by atoms with Crippen molar-refractivity contribution in [3.8, 4) is 0 Å². The van der Waals surface area contributed by atoms with Gasteiger partial charge in [0.1, 0.15) is 0 Å². The molecule has 98 valence electrons. The highest BCUT2D eigenvalue weighted by Crippen LogP contribution is 2.40. The molecular weight excluding hydrogens is 235 g/mol. The summed E-state index contributed by atoms with van der Waals surface area (Å²) in [5.74, 6) is 0. The van der Waals surface area contributed by atoms with Crippen molar-refractivity contribution in [1.82, 2.24) is 9.78 Å². The zero-order valence-corrected chi connectivity index (χ0v) is 9.70. The maximum absolute atomic E-state index is 13.0. The van der Waals surface area contributed by atoms with Crippen molar-refractivity contribution in [2.75, 3.05) is 0 Å². The van der Waals surface area contributed by atoms with E-state index in [1.165, 1.54) is 6.20 Å². The van der Waals surface area contributed by atoms with E-state index in [-0.39, 0.29) is 5.69 Å². The predicted molar refractivity (Wildman–Crippen MR) is 56.1 cm³/mol. The molecular formula is C10H16F3N3O. The summed E-state index contributed by atoms with van der Waals surface area (Å²) >= 11 is 0. The van der Waals surface area contributed by atoms with E-state index in [2.05, 4.69) is 5.10 Å². The number of alkyl halides is 3. The first-order chi connectivity index (χ1) is 7.75. The summed E-state index contributed by atoms with van der Waals surface area (Å²) in [4.78, 5) is 0. The third-order valence-corrected chi connectivity index (χ3v) is 2.63. The maximum Gasteiger partial charge on any atom is 0.424 e. The maximum atomic E-state index is 13.0. The van der Waals surface area contributed by atoms with Gasteiger partial charge in [0.25, 0.3) is 0 Å². The van der Waals surface area contributed by atoms with Gasteiger partial charge in [0.15, 0.2) is 0 Å². The van der Waals surface area contributed by atoms with E-state index >= 15 is 0 Å². The minimum absolute atomic E-state index is 0.299. The zero-order valence-electron chi connectivity index (χ0n) is 9.70. The first kappa shape index (κ1) is 14.0. The molecule has 2 atom stereocenters. The van der Waals surface area contributed by atoms with E-state index in [4.69, 9.17) is 5.73 Å². The van der Waals surface area contributed by atoms with Gasteiger partial charge in [-0.1, -0.05) is 6.92 Å². The highest BCUT2D eigenvalue weighted by atomic mass is 19.4. The summed E-state index contributed by atoms with van der Waals surface area (Å²) in [7, 11) is 0. The van der Waals surface area contributed by atoms with E-state index in [1.807, 2.05) is 6.92 Å². The van der Waals surface area contributed by atoms with Crippen molar-refractivity contribution >= 4 is 0 Å². The Kier molecular flexibility index (Phi) is 3.83. The molecule has 0 amide bonds. The lowest BCUT2D eigenvalue weighted by Crippen LogP contribution is -2.55. The molecule has 4 nitrogen and oxygen atoms in total. The van der Waals surface area contributed by atoms with Crippen LogP contribution in [0.5, 0.6) is 0 Å². The molecule has 0 aliphatic carbocycles. The summed E-state index contributed by atoms with van der Waals surface area (Å²) in [6.45, 7) is 3.23. The van der Waals surface area contributed by atoms with Crippen molar-refractivity contribution in [2.24, 2.45) is 5.73 Å². The van der Waals surface area contributed by atoms with Gasteiger partial charge in [-0.05, 0) is 19.4 Å². The van der Waals surface area contributed by atoms with Gasteiger partial charge in [0.05, 0.1) is 5.69 Å². The zero-order chi connectivity index (χ0) is 13.3. The van der Waals surface area contributed by atoms with Crippen molar-refractivity contribution in [2.45, 2.75) is 44.6 Å². The first-order valence-corrected chi connectivity index (χ1v) is 5.32. The van der Waals surface area contributed by atoms with Crippen molar-refractivity contribution in [3.63, 3.8) is 0 Å². The summed E-state index contributed by atoms with van der Waals surface area (Å²) < 4.78 is 40.0. The van der Waals surface area contributed by atoms with Crippen LogP contribution in [-0.4, -0.2) is 27.1 Å². The Bertz CT molecular complexity index is 375. The van der Waals surface area contributed by atoms with Crippen molar-refractivity contribution in [1.29, 1.82) is 0 Å². The van der Waals surface area contributed by atoms with Crippen LogP contribution >= 0.6 is 0 Å². The molecule has 0 saturated heterocycles. The third kappa shape index (κ3) is 2.30. The van der Waals surface area contributed by atoms with Crippen molar-refractivity contribution < 1.29 is 18.3 Å². The molecule has 0 saturated carbocycles. The number of aryl methyl sites for hydroxylation is 1. The van der Waals surface area contributed by atoms with E-state index in [0.29, 0.717) is 13.0 Å². The molecule has 1 aromatic rings. The first-order valence-electron chi connectivity index (χ1n) is 5.32. The van der Waals surface area contributed by atoms with E-state index in [1.54, 1.807) is 0 Å². The monoisotopic (exact) mass is 251 g/mol. The average Bonchev–Trinajstić information content (AvgIpc) is 2.63. The second-order valence-electron chi connectivity index (χ2n) is 3.99. The molecule has 7 heteroatoms. The van der Waals surface area contributed by atoms with E-state index in [9.17, 15) is 18.3 Å². The lowest BCUT2D eigenvalue weighted by atomic mass is 9.91. The molecule has 0 fully saturated rings. The number of aliphatic hydroxyl groups is 1. The fourth-order valence-corrected chi connectivity index (χ4v) is 1.68. The Morgan fingerprint density at radius 3 is 2.53 bits per heavy atom. The second-order valence-corrected chi connectivity index (χ2v) is 3.99. The van der Waals surface area contributed by atoms with Crippen LogP contribution in [0, 0.1) is 0 Å². The number of nitrogens with two attached hydrogens (primary N) is 1. The SMILES string of the molecule is CCCn1nccc1C(O)(C(C)N)C(F)(F)F. The summed E-state index contributed by atoms with van der Waals surface area (Å²) in [5.41, 5.74) is 1.91. The summed E-state index contributed by atoms with van der Waals surface area (Å²) in [6, 6.07) is -0.332. The predicted octanol–water partition coefficient (Wildman–Crippen LogP) is 1.39.